The van der Waals surface area contributed by atoms with Crippen LogP contribution < -0.4 is 0 Å². The smallest absolute Gasteiger partial charge is 0.164 e. The van der Waals surface area contributed by atoms with Crippen molar-refractivity contribution in [2.24, 2.45) is 0 Å². The molecule has 0 saturated carbocycles. The Morgan fingerprint density at radius 3 is 1.59 bits per heavy atom. The molecule has 8 aromatic carbocycles. The summed E-state index contributed by atoms with van der Waals surface area (Å²) in [6, 6.07) is 67.4. The van der Waals surface area contributed by atoms with E-state index in [0.29, 0.717) is 17.5 Å². The van der Waals surface area contributed by atoms with E-state index in [9.17, 15) is 0 Å². The third kappa shape index (κ3) is 6.13. The molecule has 0 unspecified atom stereocenters. The predicted octanol–water partition coefficient (Wildman–Crippen LogP) is 13.7. The highest BCUT2D eigenvalue weighted by molar-refractivity contribution is 6.13. The van der Waals surface area contributed by atoms with Crippen molar-refractivity contribution in [1.29, 1.82) is 0 Å². The second-order valence-electron chi connectivity index (χ2n) is 14.0. The summed E-state index contributed by atoms with van der Waals surface area (Å²) in [7, 11) is 0. The highest BCUT2D eigenvalue weighted by Crippen LogP contribution is 2.40. The summed E-state index contributed by atoms with van der Waals surface area (Å²) in [5.74, 6) is 1.79. The van der Waals surface area contributed by atoms with E-state index in [2.05, 4.69) is 153 Å². The van der Waals surface area contributed by atoms with Crippen LogP contribution in [0.4, 0.5) is 0 Å². The predicted molar refractivity (Wildman–Crippen MR) is 230 cm³/mol. The standard InChI is InChI=1S/C52H35N3O/c1-34-14-11-12-21-42(34)40-28-30-44(46(32-40)37-17-7-3-8-18-37)52-54-50(39-19-9-4-10-20-39)53-51(55-52)41-29-31-45-48(33-41)56-47-23-13-22-43(49(45)47)38-26-24-36(25-27-38)35-15-5-2-6-16-35/h2-33H,1H3. The normalized spacial score (nSPS) is 11.3. The van der Waals surface area contributed by atoms with Gasteiger partial charge in [-0.3, -0.25) is 0 Å². The fourth-order valence-electron chi connectivity index (χ4n) is 7.68. The average molecular weight is 718 g/mol. The SMILES string of the molecule is Cc1ccccc1-c1ccc(-c2nc(-c3ccccc3)nc(-c3ccc4c(c3)oc3cccc(-c5ccc(-c6ccccc6)cc5)c34)n2)c(-c2ccccc2)c1. The van der Waals surface area contributed by atoms with Gasteiger partial charge in [0.15, 0.2) is 17.5 Å². The average Bonchev–Trinajstić information content (AvgIpc) is 3.66. The molecule has 56 heavy (non-hydrogen) atoms. The summed E-state index contributed by atoms with van der Waals surface area (Å²) in [6.07, 6.45) is 0. The summed E-state index contributed by atoms with van der Waals surface area (Å²) in [4.78, 5) is 15.4. The topological polar surface area (TPSA) is 51.8 Å². The Bertz CT molecular complexity index is 3010. The van der Waals surface area contributed by atoms with Crippen LogP contribution in [0.5, 0.6) is 0 Å². The van der Waals surface area contributed by atoms with Gasteiger partial charge in [0, 0.05) is 27.5 Å². The molecule has 0 fully saturated rings. The molecule has 0 aliphatic carbocycles. The Balaban J connectivity index is 1.11. The summed E-state index contributed by atoms with van der Waals surface area (Å²) in [5.41, 5.74) is 14.7. The number of rotatable bonds is 7. The van der Waals surface area contributed by atoms with Crippen LogP contribution in [0.15, 0.2) is 199 Å². The lowest BCUT2D eigenvalue weighted by atomic mass is 9.92. The zero-order chi connectivity index (χ0) is 37.4. The van der Waals surface area contributed by atoms with Crippen LogP contribution in [-0.2, 0) is 0 Å². The third-order valence-corrected chi connectivity index (χ3v) is 10.5. The number of hydrogen-bond acceptors (Lipinski definition) is 4. The van der Waals surface area contributed by atoms with Gasteiger partial charge in [-0.15, -0.1) is 0 Å². The molecular weight excluding hydrogens is 683 g/mol. The van der Waals surface area contributed by atoms with Crippen molar-refractivity contribution >= 4 is 21.9 Å². The van der Waals surface area contributed by atoms with Crippen LogP contribution in [0.2, 0.25) is 0 Å². The van der Waals surface area contributed by atoms with Crippen molar-refractivity contribution in [2.45, 2.75) is 6.92 Å². The van der Waals surface area contributed by atoms with Crippen molar-refractivity contribution in [3.63, 3.8) is 0 Å². The van der Waals surface area contributed by atoms with Crippen molar-refractivity contribution in [3.05, 3.63) is 200 Å². The molecule has 0 saturated heterocycles. The highest BCUT2D eigenvalue weighted by atomic mass is 16.3. The number of hydrogen-bond donors (Lipinski definition) is 0. The van der Waals surface area contributed by atoms with Crippen molar-refractivity contribution in [2.75, 3.05) is 0 Å². The van der Waals surface area contributed by atoms with Crippen LogP contribution in [-0.4, -0.2) is 15.0 Å². The number of fused-ring (bicyclic) bond motifs is 3. The summed E-state index contributed by atoms with van der Waals surface area (Å²) in [6.45, 7) is 2.15. The van der Waals surface area contributed by atoms with E-state index < -0.39 is 0 Å². The van der Waals surface area contributed by atoms with E-state index in [0.717, 1.165) is 66.4 Å². The molecule has 4 heteroatoms. The van der Waals surface area contributed by atoms with E-state index in [-0.39, 0.29) is 0 Å². The van der Waals surface area contributed by atoms with Crippen LogP contribution in [0, 0.1) is 6.92 Å². The molecule has 0 aliphatic heterocycles. The first kappa shape index (κ1) is 33.2. The van der Waals surface area contributed by atoms with Crippen LogP contribution in [0.25, 0.3) is 101 Å². The molecule has 2 aromatic heterocycles. The van der Waals surface area contributed by atoms with Gasteiger partial charge in [0.2, 0.25) is 0 Å². The molecule has 2 heterocycles. The second kappa shape index (κ2) is 14.1. The summed E-state index contributed by atoms with van der Waals surface area (Å²) < 4.78 is 6.57. The van der Waals surface area contributed by atoms with Gasteiger partial charge < -0.3 is 4.42 Å². The monoisotopic (exact) mass is 717 g/mol. The van der Waals surface area contributed by atoms with Gasteiger partial charge in [0.05, 0.1) is 0 Å². The number of benzene rings is 8. The first-order valence-electron chi connectivity index (χ1n) is 18.9. The van der Waals surface area contributed by atoms with Gasteiger partial charge in [0.1, 0.15) is 11.2 Å². The molecule has 0 atom stereocenters. The van der Waals surface area contributed by atoms with E-state index in [4.69, 9.17) is 19.4 Å². The minimum atomic E-state index is 0.579. The first-order valence-corrected chi connectivity index (χ1v) is 18.9. The van der Waals surface area contributed by atoms with Gasteiger partial charge in [-0.25, -0.2) is 15.0 Å². The number of aromatic nitrogens is 3. The Kier molecular flexibility index (Phi) is 8.34. The van der Waals surface area contributed by atoms with Gasteiger partial charge in [-0.1, -0.05) is 164 Å². The Labute approximate surface area is 325 Å². The fourth-order valence-corrected chi connectivity index (χ4v) is 7.68. The zero-order valence-electron chi connectivity index (χ0n) is 30.7. The highest BCUT2D eigenvalue weighted by Gasteiger charge is 2.19. The number of furan rings is 1. The van der Waals surface area contributed by atoms with Crippen molar-refractivity contribution < 1.29 is 4.42 Å². The summed E-state index contributed by atoms with van der Waals surface area (Å²) in [5, 5.41) is 2.13. The van der Waals surface area contributed by atoms with E-state index in [1.165, 1.54) is 22.3 Å². The van der Waals surface area contributed by atoms with Crippen molar-refractivity contribution in [3.8, 4) is 78.7 Å². The number of aryl methyl sites for hydroxylation is 1. The minimum Gasteiger partial charge on any atom is -0.456 e. The Hall–Kier alpha value is -7.43. The summed E-state index contributed by atoms with van der Waals surface area (Å²) >= 11 is 0. The molecule has 0 radical (unpaired) electrons. The minimum absolute atomic E-state index is 0.579. The van der Waals surface area contributed by atoms with Gasteiger partial charge >= 0.3 is 0 Å². The molecule has 10 rings (SSSR count). The fraction of sp³-hybridized carbons (Fsp3) is 0.0192. The van der Waals surface area contributed by atoms with E-state index in [1.54, 1.807) is 0 Å². The van der Waals surface area contributed by atoms with E-state index >= 15 is 0 Å². The zero-order valence-corrected chi connectivity index (χ0v) is 30.7. The molecule has 0 amide bonds. The van der Waals surface area contributed by atoms with Crippen LogP contribution >= 0.6 is 0 Å². The quantitative estimate of drug-likeness (QED) is 0.165. The van der Waals surface area contributed by atoms with Gasteiger partial charge in [-0.2, -0.15) is 0 Å². The Morgan fingerprint density at radius 2 is 0.857 bits per heavy atom. The molecule has 4 nitrogen and oxygen atoms in total. The van der Waals surface area contributed by atoms with E-state index in [1.807, 2.05) is 48.5 Å². The third-order valence-electron chi connectivity index (χ3n) is 10.5. The molecule has 0 aliphatic rings. The molecule has 0 N–H and O–H groups in total. The maximum atomic E-state index is 6.57. The molecule has 264 valence electrons. The van der Waals surface area contributed by atoms with Crippen LogP contribution in [0.3, 0.4) is 0 Å². The molecule has 0 spiro atoms. The lowest BCUT2D eigenvalue weighted by molar-refractivity contribution is 0.669. The maximum Gasteiger partial charge on any atom is 0.164 e. The second-order valence-corrected chi connectivity index (χ2v) is 14.0. The molecule has 10 aromatic rings. The van der Waals surface area contributed by atoms with Crippen molar-refractivity contribution in [1.82, 2.24) is 15.0 Å². The molecule has 0 bridgehead atoms. The Morgan fingerprint density at radius 1 is 0.321 bits per heavy atom. The first-order chi connectivity index (χ1) is 27.7. The maximum absolute atomic E-state index is 6.57. The lowest BCUT2D eigenvalue weighted by Gasteiger charge is -2.15. The van der Waals surface area contributed by atoms with Crippen LogP contribution in [0.1, 0.15) is 5.56 Å². The number of nitrogens with zero attached hydrogens (tertiary/aromatic N) is 3. The lowest BCUT2D eigenvalue weighted by Crippen LogP contribution is -2.01. The van der Waals surface area contributed by atoms with Gasteiger partial charge in [0.25, 0.3) is 0 Å². The molecular formula is C52H35N3O. The largest absolute Gasteiger partial charge is 0.456 e. The van der Waals surface area contributed by atoms with Gasteiger partial charge in [-0.05, 0) is 87.3 Å².